The topological polar surface area (TPSA) is 27.9 Å². The van der Waals surface area contributed by atoms with Gasteiger partial charge in [-0.05, 0) is 24.7 Å². The highest BCUT2D eigenvalue weighted by Crippen LogP contribution is 2.01. The minimum absolute atomic E-state index is 0.331. The smallest absolute Gasteiger partial charge is 0.0922 e. The molecule has 18 heavy (non-hydrogen) atoms. The van der Waals surface area contributed by atoms with Crippen molar-refractivity contribution < 1.29 is 14.5 Å². The van der Waals surface area contributed by atoms with Crippen molar-refractivity contribution in [1.82, 2.24) is 5.12 Å². The van der Waals surface area contributed by atoms with Gasteiger partial charge in [-0.1, -0.05) is 27.7 Å². The molecule has 0 aliphatic rings. The monoisotopic (exact) mass is 265 g/mol. The maximum Gasteiger partial charge on any atom is 0.0922 e. The zero-order chi connectivity index (χ0) is 14.6. The lowest BCUT2D eigenvalue weighted by Gasteiger charge is -2.14. The molecule has 0 aromatic rings. The normalized spacial score (nSPS) is 11.3. The summed E-state index contributed by atoms with van der Waals surface area (Å²) in [6.07, 6.45) is 1.87. The van der Waals surface area contributed by atoms with Crippen LogP contribution in [0.3, 0.4) is 0 Å². The summed E-state index contributed by atoms with van der Waals surface area (Å²) in [6, 6.07) is 0. The summed E-state index contributed by atoms with van der Waals surface area (Å²) in [4.78, 5) is 1.29. The summed E-state index contributed by atoms with van der Waals surface area (Å²) < 4.78 is 12.9. The van der Waals surface area contributed by atoms with Gasteiger partial charge in [0.15, 0.2) is 0 Å². The van der Waals surface area contributed by atoms with Crippen LogP contribution in [0, 0.1) is 11.8 Å². The van der Waals surface area contributed by atoms with Gasteiger partial charge in [0.1, 0.15) is 0 Å². The molecular weight excluding hydrogens is 231 g/mol. The number of nitrogens with one attached hydrogen (secondary N) is 1. The molecule has 0 unspecified atom stereocenters. The van der Waals surface area contributed by atoms with Gasteiger partial charge < -0.3 is 10.0 Å². The fourth-order valence-electron chi connectivity index (χ4n) is 1.11. The lowest BCUT2D eigenvalue weighted by atomic mass is 10.1. The number of quaternary nitrogens is 1. The molecule has 3 nitrogen and oxygen atoms in total. The van der Waals surface area contributed by atoms with E-state index in [0.29, 0.717) is 31.5 Å². The predicted octanol–water partition coefficient (Wildman–Crippen LogP) is 1.39. The van der Waals surface area contributed by atoms with Crippen LogP contribution in [-0.2, 0) is 0 Å². The molecule has 0 rings (SSSR count). The molecule has 0 atom stereocenters. The van der Waals surface area contributed by atoms with Crippen molar-refractivity contribution in [3.05, 3.63) is 0 Å². The molecule has 0 aromatic carbocycles. The Balaban J connectivity index is 0. The molecular formula is C14H34FN2O+. The Morgan fingerprint density at radius 3 is 1.78 bits per heavy atom. The fraction of sp³-hybridized carbons (Fsp3) is 1.00. The second-order valence-corrected chi connectivity index (χ2v) is 5.96. The number of likely N-dealkylation sites (N-methyl/N-ethyl adjacent to an activating group) is 1. The highest BCUT2D eigenvalue weighted by molar-refractivity contribution is 4.48. The Bertz CT molecular complexity index is 152. The number of hydrogen-bond acceptors (Lipinski definition) is 2. The van der Waals surface area contributed by atoms with E-state index in [1.807, 2.05) is 14.1 Å². The van der Waals surface area contributed by atoms with Gasteiger partial charge in [0.05, 0.1) is 27.2 Å². The SMILES string of the molecule is CC(C)CCN(F)CC[NH+](C)C.CC(C)CCO. The zero-order valence-electron chi connectivity index (χ0n) is 13.2. The molecule has 0 aliphatic carbocycles. The van der Waals surface area contributed by atoms with E-state index in [9.17, 15) is 4.48 Å². The molecule has 0 bridgehead atoms. The molecule has 112 valence electrons. The van der Waals surface area contributed by atoms with E-state index in [1.165, 1.54) is 4.90 Å². The van der Waals surface area contributed by atoms with Gasteiger partial charge in [0, 0.05) is 13.2 Å². The summed E-state index contributed by atoms with van der Waals surface area (Å²) in [5.74, 6) is 1.24. The van der Waals surface area contributed by atoms with Gasteiger partial charge in [-0.15, -0.1) is 9.60 Å². The van der Waals surface area contributed by atoms with Crippen molar-refractivity contribution in [2.45, 2.75) is 40.5 Å². The number of hydrogen-bond donors (Lipinski definition) is 2. The molecule has 0 aliphatic heterocycles. The summed E-state index contributed by atoms with van der Waals surface area (Å²) in [5, 5.41) is 9.16. The zero-order valence-corrected chi connectivity index (χ0v) is 13.2. The highest BCUT2D eigenvalue weighted by Gasteiger charge is 2.05. The van der Waals surface area contributed by atoms with Crippen LogP contribution in [0.5, 0.6) is 0 Å². The van der Waals surface area contributed by atoms with E-state index in [2.05, 4.69) is 27.7 Å². The maximum atomic E-state index is 12.9. The van der Waals surface area contributed by atoms with Gasteiger partial charge in [-0.3, -0.25) is 0 Å². The van der Waals surface area contributed by atoms with Crippen LogP contribution in [0.15, 0.2) is 0 Å². The quantitative estimate of drug-likeness (QED) is 0.649. The molecule has 0 spiro atoms. The van der Waals surface area contributed by atoms with Crippen molar-refractivity contribution >= 4 is 0 Å². The average molecular weight is 265 g/mol. The Morgan fingerprint density at radius 1 is 1.00 bits per heavy atom. The Labute approximate surface area is 113 Å². The van der Waals surface area contributed by atoms with Crippen molar-refractivity contribution in [2.75, 3.05) is 40.3 Å². The van der Waals surface area contributed by atoms with E-state index in [-0.39, 0.29) is 0 Å². The molecule has 4 heteroatoms. The van der Waals surface area contributed by atoms with Gasteiger partial charge in [0.25, 0.3) is 0 Å². The van der Waals surface area contributed by atoms with Crippen LogP contribution < -0.4 is 4.90 Å². The van der Waals surface area contributed by atoms with Crippen LogP contribution in [0.2, 0.25) is 0 Å². The third kappa shape index (κ3) is 21.1. The molecule has 0 radical (unpaired) electrons. The van der Waals surface area contributed by atoms with Gasteiger partial charge >= 0.3 is 0 Å². The van der Waals surface area contributed by atoms with Crippen LogP contribution in [-0.4, -0.2) is 50.6 Å². The first kappa shape index (κ1) is 20.1. The first-order chi connectivity index (χ1) is 8.29. The maximum absolute atomic E-state index is 12.9. The number of aliphatic hydroxyl groups is 1. The number of rotatable bonds is 8. The third-order valence-corrected chi connectivity index (χ3v) is 2.51. The standard InChI is InChI=1S/C9H21FN2.C5H12O/c1-9(2)5-6-12(10)8-7-11(3)4;1-5(2)3-4-6/h9H,5-8H2,1-4H3;5-6H,3-4H2,1-2H3/p+1. The number of nitrogens with zero attached hydrogens (tertiary/aromatic N) is 1. The Hall–Kier alpha value is -0.190. The van der Waals surface area contributed by atoms with E-state index >= 15 is 0 Å². The van der Waals surface area contributed by atoms with Crippen molar-refractivity contribution in [2.24, 2.45) is 11.8 Å². The molecule has 0 fully saturated rings. The third-order valence-electron chi connectivity index (χ3n) is 2.51. The van der Waals surface area contributed by atoms with Gasteiger partial charge in [-0.2, -0.15) is 0 Å². The summed E-state index contributed by atoms with van der Waals surface area (Å²) >= 11 is 0. The minimum atomic E-state index is 0.331. The van der Waals surface area contributed by atoms with E-state index in [4.69, 9.17) is 5.11 Å². The van der Waals surface area contributed by atoms with Crippen LogP contribution >= 0.6 is 0 Å². The fourth-order valence-corrected chi connectivity index (χ4v) is 1.11. The second kappa shape index (κ2) is 13.2. The largest absolute Gasteiger partial charge is 0.396 e. The van der Waals surface area contributed by atoms with E-state index in [1.54, 1.807) is 0 Å². The van der Waals surface area contributed by atoms with Crippen LogP contribution in [0.1, 0.15) is 40.5 Å². The average Bonchev–Trinajstić information content (AvgIpc) is 2.24. The lowest BCUT2D eigenvalue weighted by Crippen LogP contribution is -3.06. The van der Waals surface area contributed by atoms with E-state index < -0.39 is 0 Å². The van der Waals surface area contributed by atoms with Crippen LogP contribution in [0.4, 0.5) is 4.48 Å². The number of halogens is 1. The summed E-state index contributed by atoms with van der Waals surface area (Å²) in [5.41, 5.74) is 0. The first-order valence-electron chi connectivity index (χ1n) is 7.10. The molecule has 0 saturated heterocycles. The second-order valence-electron chi connectivity index (χ2n) is 5.96. The van der Waals surface area contributed by atoms with E-state index in [0.717, 1.165) is 24.5 Å². The summed E-state index contributed by atoms with van der Waals surface area (Å²) in [7, 11) is 4.08. The molecule has 0 amide bonds. The first-order valence-corrected chi connectivity index (χ1v) is 7.10. The Morgan fingerprint density at radius 2 is 1.50 bits per heavy atom. The van der Waals surface area contributed by atoms with Crippen molar-refractivity contribution in [3.63, 3.8) is 0 Å². The Kier molecular flexibility index (Phi) is 14.8. The van der Waals surface area contributed by atoms with Crippen LogP contribution in [0.25, 0.3) is 0 Å². The molecule has 0 heterocycles. The molecule has 0 saturated carbocycles. The molecule has 0 aromatic heterocycles. The van der Waals surface area contributed by atoms with Gasteiger partial charge in [0.2, 0.25) is 0 Å². The van der Waals surface area contributed by atoms with Crippen molar-refractivity contribution in [1.29, 1.82) is 0 Å². The molecule has 2 N–H and O–H groups in total. The van der Waals surface area contributed by atoms with Gasteiger partial charge in [-0.25, -0.2) is 0 Å². The minimum Gasteiger partial charge on any atom is -0.396 e. The summed E-state index contributed by atoms with van der Waals surface area (Å²) in [6.45, 7) is 10.7. The predicted molar refractivity (Wildman–Crippen MR) is 76.4 cm³/mol. The number of aliphatic hydroxyl groups excluding tert-OH is 1. The lowest BCUT2D eigenvalue weighted by molar-refractivity contribution is -0.858. The highest BCUT2D eigenvalue weighted by atomic mass is 19.2. The van der Waals surface area contributed by atoms with Crippen molar-refractivity contribution in [3.8, 4) is 0 Å².